The Bertz CT molecular complexity index is 2740. The van der Waals surface area contributed by atoms with E-state index in [2.05, 4.69) is 172 Å². The molecule has 0 fully saturated rings. The minimum atomic E-state index is -0.0859. The van der Waals surface area contributed by atoms with Crippen LogP contribution < -0.4 is 0 Å². The average molecular weight is 613 g/mol. The Kier molecular flexibility index (Phi) is 5.69. The fourth-order valence-electron chi connectivity index (χ4n) is 8.29. The van der Waals surface area contributed by atoms with Crippen LogP contribution in [0.5, 0.6) is 0 Å². The lowest BCUT2D eigenvalue weighted by atomic mass is 9.81. The van der Waals surface area contributed by atoms with Crippen LogP contribution >= 0.6 is 0 Å². The van der Waals surface area contributed by atoms with Crippen molar-refractivity contribution < 1.29 is 4.42 Å². The lowest BCUT2D eigenvalue weighted by Crippen LogP contribution is -2.14. The zero-order chi connectivity index (χ0) is 32.0. The summed E-state index contributed by atoms with van der Waals surface area (Å²) in [6.07, 6.45) is 0. The number of rotatable bonds is 3. The molecule has 0 atom stereocenters. The largest absolute Gasteiger partial charge is 0.455 e. The number of furan rings is 1. The molecule has 1 heteroatoms. The van der Waals surface area contributed by atoms with Crippen LogP contribution in [0.2, 0.25) is 0 Å². The van der Waals surface area contributed by atoms with E-state index in [1.165, 1.54) is 77.0 Å². The summed E-state index contributed by atoms with van der Waals surface area (Å²) in [5, 5.41) is 7.25. The van der Waals surface area contributed by atoms with Crippen molar-refractivity contribution in [3.63, 3.8) is 0 Å². The van der Waals surface area contributed by atoms with Gasteiger partial charge in [0, 0.05) is 27.3 Å². The second-order valence-electron chi connectivity index (χ2n) is 13.7. The zero-order valence-electron chi connectivity index (χ0n) is 26.9. The maximum atomic E-state index is 6.88. The van der Waals surface area contributed by atoms with Gasteiger partial charge < -0.3 is 4.42 Å². The first-order valence-corrected chi connectivity index (χ1v) is 16.8. The molecule has 0 saturated heterocycles. The van der Waals surface area contributed by atoms with Gasteiger partial charge in [-0.2, -0.15) is 0 Å². The van der Waals surface area contributed by atoms with Crippen LogP contribution in [0.4, 0.5) is 0 Å². The van der Waals surface area contributed by atoms with E-state index in [4.69, 9.17) is 4.42 Å². The van der Waals surface area contributed by atoms with Crippen LogP contribution in [0, 0.1) is 0 Å². The van der Waals surface area contributed by atoms with Crippen LogP contribution in [0.25, 0.3) is 88.0 Å². The van der Waals surface area contributed by atoms with E-state index in [0.29, 0.717) is 0 Å². The van der Waals surface area contributed by atoms with E-state index in [0.717, 1.165) is 22.1 Å². The van der Waals surface area contributed by atoms with Gasteiger partial charge in [0.15, 0.2) is 0 Å². The van der Waals surface area contributed by atoms with Gasteiger partial charge in [0.05, 0.1) is 0 Å². The average Bonchev–Trinajstić information content (AvgIpc) is 3.62. The summed E-state index contributed by atoms with van der Waals surface area (Å²) in [6, 6.07) is 57.6. The van der Waals surface area contributed by atoms with Crippen molar-refractivity contribution >= 4 is 43.5 Å². The number of hydrogen-bond donors (Lipinski definition) is 0. The molecule has 0 bridgehead atoms. The molecule has 1 aromatic heterocycles. The zero-order valence-corrected chi connectivity index (χ0v) is 26.9. The number of benzene rings is 8. The normalized spacial score (nSPS) is 13.4. The quantitative estimate of drug-likeness (QED) is 0.193. The van der Waals surface area contributed by atoms with E-state index in [1.807, 2.05) is 0 Å². The molecule has 0 spiro atoms. The van der Waals surface area contributed by atoms with Crippen LogP contribution in [0.3, 0.4) is 0 Å². The summed E-state index contributed by atoms with van der Waals surface area (Å²) < 4.78 is 6.88. The minimum absolute atomic E-state index is 0.0859. The van der Waals surface area contributed by atoms with Gasteiger partial charge in [-0.15, -0.1) is 0 Å². The molecule has 1 nitrogen and oxygen atoms in total. The number of hydrogen-bond acceptors (Lipinski definition) is 1. The second kappa shape index (κ2) is 10.0. The van der Waals surface area contributed by atoms with Crippen LogP contribution in [0.1, 0.15) is 25.0 Å². The van der Waals surface area contributed by atoms with E-state index in [-0.39, 0.29) is 5.41 Å². The lowest BCUT2D eigenvalue weighted by molar-refractivity contribution is 0.660. The van der Waals surface area contributed by atoms with Gasteiger partial charge in [0.2, 0.25) is 0 Å². The van der Waals surface area contributed by atoms with Crippen molar-refractivity contribution in [1.82, 2.24) is 0 Å². The van der Waals surface area contributed by atoms with Crippen LogP contribution in [-0.4, -0.2) is 0 Å². The van der Waals surface area contributed by atoms with E-state index >= 15 is 0 Å². The SMILES string of the molecule is CC1(C)c2ccccc2-c2ccc(-c3c4ccccc4c(-c4ccc(-c5ccc6ccccc6c5)cc4)c4c3oc3ccccc34)cc21. The first-order valence-electron chi connectivity index (χ1n) is 16.8. The smallest absolute Gasteiger partial charge is 0.144 e. The van der Waals surface area contributed by atoms with Crippen LogP contribution in [0.15, 0.2) is 162 Å². The molecule has 1 aliphatic rings. The molecule has 0 saturated carbocycles. The monoisotopic (exact) mass is 612 g/mol. The molecular weight excluding hydrogens is 581 g/mol. The predicted octanol–water partition coefficient (Wildman–Crippen LogP) is 13.2. The fraction of sp³-hybridized carbons (Fsp3) is 0.0638. The van der Waals surface area contributed by atoms with Gasteiger partial charge in [-0.1, -0.05) is 153 Å². The Hall–Kier alpha value is -5.92. The Morgan fingerprint density at radius 3 is 1.85 bits per heavy atom. The van der Waals surface area contributed by atoms with Gasteiger partial charge in [0.1, 0.15) is 11.2 Å². The van der Waals surface area contributed by atoms with Crippen molar-refractivity contribution in [3.05, 3.63) is 169 Å². The molecule has 0 radical (unpaired) electrons. The van der Waals surface area contributed by atoms with Gasteiger partial charge in [-0.3, -0.25) is 0 Å². The van der Waals surface area contributed by atoms with Crippen molar-refractivity contribution in [3.8, 4) is 44.5 Å². The minimum Gasteiger partial charge on any atom is -0.455 e. The first-order chi connectivity index (χ1) is 23.6. The lowest BCUT2D eigenvalue weighted by Gasteiger charge is -2.22. The van der Waals surface area contributed by atoms with E-state index < -0.39 is 0 Å². The summed E-state index contributed by atoms with van der Waals surface area (Å²) in [5.74, 6) is 0. The highest BCUT2D eigenvalue weighted by molar-refractivity contribution is 6.26. The Morgan fingerprint density at radius 2 is 1.02 bits per heavy atom. The molecule has 1 heterocycles. The van der Waals surface area contributed by atoms with Gasteiger partial charge in [0.25, 0.3) is 0 Å². The molecule has 48 heavy (non-hydrogen) atoms. The van der Waals surface area contributed by atoms with Crippen molar-refractivity contribution in [2.24, 2.45) is 0 Å². The number of para-hydroxylation sites is 1. The molecule has 0 amide bonds. The topological polar surface area (TPSA) is 13.1 Å². The van der Waals surface area contributed by atoms with Gasteiger partial charge in [-0.25, -0.2) is 0 Å². The highest BCUT2D eigenvalue weighted by Gasteiger charge is 2.35. The van der Waals surface area contributed by atoms with Crippen molar-refractivity contribution in [2.45, 2.75) is 19.3 Å². The van der Waals surface area contributed by atoms with Crippen molar-refractivity contribution in [2.75, 3.05) is 0 Å². The third-order valence-electron chi connectivity index (χ3n) is 10.7. The van der Waals surface area contributed by atoms with E-state index in [9.17, 15) is 0 Å². The molecule has 0 N–H and O–H groups in total. The Balaban J connectivity index is 1.22. The molecule has 10 rings (SSSR count). The third kappa shape index (κ3) is 3.85. The summed E-state index contributed by atoms with van der Waals surface area (Å²) in [4.78, 5) is 0. The van der Waals surface area contributed by atoms with E-state index in [1.54, 1.807) is 0 Å². The predicted molar refractivity (Wildman–Crippen MR) is 203 cm³/mol. The number of fused-ring (bicyclic) bond motifs is 8. The second-order valence-corrected chi connectivity index (χ2v) is 13.7. The fourth-order valence-corrected chi connectivity index (χ4v) is 8.29. The highest BCUT2D eigenvalue weighted by Crippen LogP contribution is 2.52. The Morgan fingerprint density at radius 1 is 0.417 bits per heavy atom. The van der Waals surface area contributed by atoms with Crippen molar-refractivity contribution in [1.29, 1.82) is 0 Å². The highest BCUT2D eigenvalue weighted by atomic mass is 16.3. The molecule has 226 valence electrons. The molecule has 1 aliphatic carbocycles. The van der Waals surface area contributed by atoms with Gasteiger partial charge in [-0.05, 0) is 84.3 Å². The summed E-state index contributed by atoms with van der Waals surface area (Å²) in [7, 11) is 0. The van der Waals surface area contributed by atoms with Crippen LogP contribution in [-0.2, 0) is 5.41 Å². The van der Waals surface area contributed by atoms with Gasteiger partial charge >= 0.3 is 0 Å². The summed E-state index contributed by atoms with van der Waals surface area (Å²) in [6.45, 7) is 4.70. The molecular formula is C47H32O. The molecule has 8 aromatic carbocycles. The summed E-state index contributed by atoms with van der Waals surface area (Å²) in [5.41, 5.74) is 14.4. The maximum Gasteiger partial charge on any atom is 0.144 e. The standard InChI is InChI=1S/C47H32O/c1-47(2)40-17-9-7-13-35(40)36-26-25-34(28-41(36)47)44-38-15-6-5-14-37(38)43(45-39-16-8-10-18-42(39)48-46(44)45)31-22-19-30(20-23-31)33-24-21-29-11-3-4-12-32(29)27-33/h3-28H,1-2H3. The summed E-state index contributed by atoms with van der Waals surface area (Å²) >= 11 is 0. The molecule has 0 aliphatic heterocycles. The maximum absolute atomic E-state index is 6.88. The third-order valence-corrected chi connectivity index (χ3v) is 10.7. The molecule has 0 unspecified atom stereocenters. The first kappa shape index (κ1) is 27.2. The molecule has 9 aromatic rings. The Labute approximate surface area is 279 Å².